The van der Waals surface area contributed by atoms with Crippen LogP contribution in [0.5, 0.6) is 11.5 Å². The zero-order valence-corrected chi connectivity index (χ0v) is 24.7. The van der Waals surface area contributed by atoms with Crippen molar-refractivity contribution in [1.29, 1.82) is 0 Å². The number of carbonyl (C=O) groups is 3. The molecule has 9 nitrogen and oxygen atoms in total. The van der Waals surface area contributed by atoms with Gasteiger partial charge in [0, 0.05) is 36.2 Å². The van der Waals surface area contributed by atoms with Gasteiger partial charge in [-0.2, -0.15) is 0 Å². The summed E-state index contributed by atoms with van der Waals surface area (Å²) in [5.74, 6) is 1.11. The van der Waals surface area contributed by atoms with E-state index in [0.29, 0.717) is 58.7 Å². The van der Waals surface area contributed by atoms with Gasteiger partial charge in [0.1, 0.15) is 18.5 Å². The Morgan fingerprint density at radius 2 is 1.95 bits per heavy atom. The molecule has 2 bridgehead atoms. The van der Waals surface area contributed by atoms with Crippen molar-refractivity contribution in [3.63, 3.8) is 0 Å². The van der Waals surface area contributed by atoms with Crippen LogP contribution >= 0.6 is 0 Å². The van der Waals surface area contributed by atoms with Crippen molar-refractivity contribution in [3.05, 3.63) is 70.3 Å². The zero-order chi connectivity index (χ0) is 30.2. The first-order chi connectivity index (χ1) is 20.8. The van der Waals surface area contributed by atoms with Crippen molar-refractivity contribution in [1.82, 2.24) is 10.2 Å². The molecule has 2 fully saturated rings. The molecule has 3 N–H and O–H groups in total. The maximum Gasteiger partial charge on any atom is 0.247 e. The average molecular weight is 589 g/mol. The number of rotatable bonds is 10. The van der Waals surface area contributed by atoms with Gasteiger partial charge in [0.15, 0.2) is 11.5 Å². The summed E-state index contributed by atoms with van der Waals surface area (Å²) in [5.41, 5.74) is 3.27. The first-order valence-electron chi connectivity index (χ1n) is 15.3. The van der Waals surface area contributed by atoms with Crippen molar-refractivity contribution in [3.8, 4) is 11.5 Å². The molecule has 1 heterocycles. The van der Waals surface area contributed by atoms with Gasteiger partial charge in [0.05, 0.1) is 25.7 Å². The van der Waals surface area contributed by atoms with Crippen molar-refractivity contribution >= 4 is 18.1 Å². The molecule has 2 aromatic carbocycles. The number of carbonyl (C=O) groups excluding carboxylic acids is 3. The Morgan fingerprint density at radius 1 is 1.16 bits per heavy atom. The second-order valence-electron chi connectivity index (χ2n) is 12.5. The molecule has 0 aromatic heterocycles. The third-order valence-electron chi connectivity index (χ3n) is 9.89. The van der Waals surface area contributed by atoms with E-state index in [2.05, 4.69) is 5.32 Å². The summed E-state index contributed by atoms with van der Waals surface area (Å²) in [7, 11) is 1.47. The van der Waals surface area contributed by atoms with Crippen molar-refractivity contribution in [2.75, 3.05) is 20.3 Å². The standard InChI is InChI=1S/C34H40N2O7/c1-19-3-5-20(6-4-19)17-36(29(39)15-24-12-21-7-8-23(24)11-21)27-16-26(34(41)35-9-10-37)30-25-13-22(18-38)14-28(42-2)32(25)43-33(30)31(27)40/h3-6,13-14,16,18,21,23-24,27,30-31,33,37,40H,7-12,15,17H2,1-2H3,(H,35,41)/t21?,23?,24?,27-,30+,31+,33+/m1/s1. The Bertz CT molecular complexity index is 1420. The first-order valence-corrected chi connectivity index (χ1v) is 15.3. The largest absolute Gasteiger partial charge is 0.493 e. The average Bonchev–Trinajstić information content (AvgIpc) is 3.74. The number of aldehydes is 1. The number of aryl methyl sites for hydroxylation is 1. The first kappa shape index (κ1) is 29.4. The van der Waals surface area contributed by atoms with Crippen LogP contribution in [-0.2, 0) is 16.1 Å². The predicted octanol–water partition coefficient (Wildman–Crippen LogP) is 3.29. The number of aliphatic hydroxyl groups excluding tert-OH is 2. The van der Waals surface area contributed by atoms with Crippen molar-refractivity contribution in [2.24, 2.45) is 17.8 Å². The summed E-state index contributed by atoms with van der Waals surface area (Å²) in [6, 6.07) is 10.3. The number of benzene rings is 2. The molecule has 43 heavy (non-hydrogen) atoms. The van der Waals surface area contributed by atoms with Gasteiger partial charge in [0.2, 0.25) is 11.8 Å². The smallest absolute Gasteiger partial charge is 0.247 e. The number of ether oxygens (including phenoxy) is 2. The number of aliphatic hydroxyl groups is 2. The van der Waals surface area contributed by atoms with E-state index >= 15 is 0 Å². The van der Waals surface area contributed by atoms with E-state index < -0.39 is 30.1 Å². The maximum absolute atomic E-state index is 14.2. The molecule has 0 saturated heterocycles. The third-order valence-corrected chi connectivity index (χ3v) is 9.89. The summed E-state index contributed by atoms with van der Waals surface area (Å²) >= 11 is 0. The Labute approximate surface area is 251 Å². The van der Waals surface area contributed by atoms with Gasteiger partial charge >= 0.3 is 0 Å². The lowest BCUT2D eigenvalue weighted by molar-refractivity contribution is -0.139. The molecule has 2 aromatic rings. The van der Waals surface area contributed by atoms with Crippen LogP contribution in [0, 0.1) is 24.7 Å². The normalized spacial score (nSPS) is 28.4. The fourth-order valence-electron chi connectivity index (χ4n) is 7.78. The van der Waals surface area contributed by atoms with Gasteiger partial charge in [-0.25, -0.2) is 0 Å². The summed E-state index contributed by atoms with van der Waals surface area (Å²) in [6.07, 6.45) is 5.40. The molecule has 0 radical (unpaired) electrons. The van der Waals surface area contributed by atoms with Gasteiger partial charge in [-0.1, -0.05) is 36.2 Å². The lowest BCUT2D eigenvalue weighted by atomic mass is 9.77. The minimum Gasteiger partial charge on any atom is -0.493 e. The van der Waals surface area contributed by atoms with E-state index in [4.69, 9.17) is 9.47 Å². The monoisotopic (exact) mass is 588 g/mol. The Kier molecular flexibility index (Phi) is 8.29. The molecule has 1 aliphatic heterocycles. The van der Waals surface area contributed by atoms with Crippen molar-refractivity contribution < 1.29 is 34.1 Å². The predicted molar refractivity (Wildman–Crippen MR) is 159 cm³/mol. The second kappa shape index (κ2) is 12.1. The van der Waals surface area contributed by atoms with Gasteiger partial charge in [-0.05, 0) is 67.7 Å². The molecule has 7 atom stereocenters. The number of hydrogen-bond donors (Lipinski definition) is 3. The fourth-order valence-corrected chi connectivity index (χ4v) is 7.78. The SMILES string of the molecule is COc1cc(C=O)cc2c1O[C@@H]1[C@@H](O)[C@H](N(Cc3ccc(C)cc3)C(=O)CC3CC4CCC3C4)C=C(C(=O)NCCO)[C@H]21. The highest BCUT2D eigenvalue weighted by Crippen LogP contribution is 2.52. The molecule has 9 heteroatoms. The van der Waals surface area contributed by atoms with E-state index in [0.717, 1.165) is 17.5 Å². The highest BCUT2D eigenvalue weighted by atomic mass is 16.5. The molecule has 4 aliphatic rings. The molecule has 3 aliphatic carbocycles. The van der Waals surface area contributed by atoms with Crippen LogP contribution in [0.25, 0.3) is 0 Å². The molecule has 6 rings (SSSR count). The summed E-state index contributed by atoms with van der Waals surface area (Å²) in [5, 5.41) is 24.1. The van der Waals surface area contributed by atoms with Crippen LogP contribution in [0.15, 0.2) is 48.0 Å². The molecular weight excluding hydrogens is 548 g/mol. The Morgan fingerprint density at radius 3 is 2.60 bits per heavy atom. The van der Waals surface area contributed by atoms with E-state index in [9.17, 15) is 24.6 Å². The minimum absolute atomic E-state index is 0.0441. The fraction of sp³-hybridized carbons (Fsp3) is 0.500. The van der Waals surface area contributed by atoms with Crippen LogP contribution < -0.4 is 14.8 Å². The summed E-state index contributed by atoms with van der Waals surface area (Å²) < 4.78 is 11.8. The molecule has 2 amide bonds. The highest BCUT2D eigenvalue weighted by molar-refractivity contribution is 5.96. The molecular formula is C34H40N2O7. The number of nitrogens with zero attached hydrogens (tertiary/aromatic N) is 1. The lowest BCUT2D eigenvalue weighted by Crippen LogP contribution is -2.55. The maximum atomic E-state index is 14.2. The second-order valence-corrected chi connectivity index (χ2v) is 12.5. The highest BCUT2D eigenvalue weighted by Gasteiger charge is 2.52. The van der Waals surface area contributed by atoms with Gasteiger partial charge in [-0.15, -0.1) is 0 Å². The molecule has 228 valence electrons. The number of methoxy groups -OCH3 is 1. The van der Waals surface area contributed by atoms with Crippen LogP contribution in [0.1, 0.15) is 65.1 Å². The number of nitrogens with one attached hydrogen (secondary N) is 1. The topological polar surface area (TPSA) is 125 Å². The Hall–Kier alpha value is -3.69. The quantitative estimate of drug-likeness (QED) is 0.364. The zero-order valence-electron chi connectivity index (χ0n) is 24.7. The molecule has 3 unspecified atom stereocenters. The van der Waals surface area contributed by atoms with Crippen LogP contribution in [-0.4, -0.2) is 71.7 Å². The molecule has 2 saturated carbocycles. The number of amides is 2. The van der Waals surface area contributed by atoms with E-state index in [-0.39, 0.29) is 25.6 Å². The van der Waals surface area contributed by atoms with Crippen LogP contribution in [0.2, 0.25) is 0 Å². The summed E-state index contributed by atoms with van der Waals surface area (Å²) in [6.45, 7) is 2.08. The van der Waals surface area contributed by atoms with Gasteiger partial charge < -0.3 is 29.9 Å². The van der Waals surface area contributed by atoms with E-state index in [1.807, 2.05) is 31.2 Å². The summed E-state index contributed by atoms with van der Waals surface area (Å²) in [4.78, 5) is 41.2. The van der Waals surface area contributed by atoms with Gasteiger partial charge in [0.25, 0.3) is 0 Å². The molecule has 0 spiro atoms. The van der Waals surface area contributed by atoms with Crippen molar-refractivity contribution in [2.45, 2.75) is 69.7 Å². The van der Waals surface area contributed by atoms with Crippen LogP contribution in [0.4, 0.5) is 0 Å². The number of hydrogen-bond acceptors (Lipinski definition) is 7. The van der Waals surface area contributed by atoms with Crippen LogP contribution in [0.3, 0.4) is 0 Å². The Balaban J connectivity index is 1.40. The minimum atomic E-state index is -1.16. The van der Waals surface area contributed by atoms with Gasteiger partial charge in [-0.3, -0.25) is 14.4 Å². The van der Waals surface area contributed by atoms with E-state index in [1.54, 1.807) is 23.1 Å². The third kappa shape index (κ3) is 5.56. The number of fused-ring (bicyclic) bond motifs is 5. The van der Waals surface area contributed by atoms with E-state index in [1.165, 1.54) is 26.4 Å². The lowest BCUT2D eigenvalue weighted by Gasteiger charge is -2.41.